The average Bonchev–Trinajstić information content (AvgIpc) is 3.53. The third kappa shape index (κ3) is 5.25. The number of amides is 1. The van der Waals surface area contributed by atoms with Crippen LogP contribution in [-0.2, 0) is 7.05 Å². The van der Waals surface area contributed by atoms with E-state index in [0.29, 0.717) is 11.7 Å². The lowest BCUT2D eigenvalue weighted by atomic mass is 9.97. The smallest absolute Gasteiger partial charge is 0.272 e. The lowest BCUT2D eigenvalue weighted by Gasteiger charge is -2.32. The summed E-state index contributed by atoms with van der Waals surface area (Å²) >= 11 is 0. The second kappa shape index (κ2) is 9.77. The van der Waals surface area contributed by atoms with E-state index in [1.54, 1.807) is 4.68 Å². The third-order valence-electron chi connectivity index (χ3n) is 7.50. The number of pyridine rings is 1. The zero-order chi connectivity index (χ0) is 21.9. The summed E-state index contributed by atoms with van der Waals surface area (Å²) in [6.07, 6.45) is 13.9. The predicted octanol–water partition coefficient (Wildman–Crippen LogP) is 4.10. The number of rotatable bonds is 6. The van der Waals surface area contributed by atoms with Gasteiger partial charge in [-0.25, -0.2) is 9.67 Å². The fraction of sp³-hybridized carbons (Fsp3) is 0.720. The van der Waals surface area contributed by atoms with Crippen molar-refractivity contribution in [2.75, 3.05) is 25.0 Å². The Kier molecular flexibility index (Phi) is 6.62. The number of carbonyl (C=O) groups is 1. The number of likely N-dealkylation sites (tertiary alicyclic amines) is 1. The van der Waals surface area contributed by atoms with Crippen LogP contribution < -0.4 is 10.6 Å². The number of fused-ring (bicyclic) bond motifs is 1. The fourth-order valence-corrected chi connectivity index (χ4v) is 5.37. The Morgan fingerprint density at radius 2 is 1.69 bits per heavy atom. The number of anilines is 1. The van der Waals surface area contributed by atoms with Gasteiger partial charge in [0.2, 0.25) is 0 Å². The summed E-state index contributed by atoms with van der Waals surface area (Å²) in [5.74, 6) is 1.75. The maximum atomic E-state index is 13.0. The van der Waals surface area contributed by atoms with E-state index < -0.39 is 0 Å². The molecule has 3 fully saturated rings. The highest BCUT2D eigenvalue weighted by atomic mass is 16.2. The molecule has 1 amide bonds. The van der Waals surface area contributed by atoms with Gasteiger partial charge in [-0.1, -0.05) is 32.1 Å². The highest BCUT2D eigenvalue weighted by molar-refractivity contribution is 6.04. The van der Waals surface area contributed by atoms with Crippen molar-refractivity contribution in [2.45, 2.75) is 82.7 Å². The third-order valence-corrected chi connectivity index (χ3v) is 7.50. The second-order valence-electron chi connectivity index (χ2n) is 10.2. The summed E-state index contributed by atoms with van der Waals surface area (Å²) in [7, 11) is 1.88. The fourth-order valence-electron chi connectivity index (χ4n) is 5.37. The number of piperidine rings is 1. The molecule has 7 heteroatoms. The molecule has 2 N–H and O–H groups in total. The van der Waals surface area contributed by atoms with E-state index in [9.17, 15) is 4.79 Å². The first-order valence-corrected chi connectivity index (χ1v) is 12.8. The van der Waals surface area contributed by atoms with E-state index in [0.717, 1.165) is 48.7 Å². The van der Waals surface area contributed by atoms with Crippen molar-refractivity contribution >= 4 is 22.8 Å². The van der Waals surface area contributed by atoms with Crippen LogP contribution in [-0.4, -0.2) is 57.3 Å². The van der Waals surface area contributed by atoms with Crippen molar-refractivity contribution in [3.63, 3.8) is 0 Å². The molecule has 2 aliphatic carbocycles. The zero-order valence-electron chi connectivity index (χ0n) is 19.5. The number of nitrogens with one attached hydrogen (secondary N) is 2. The Morgan fingerprint density at radius 1 is 0.969 bits per heavy atom. The lowest BCUT2D eigenvalue weighted by molar-refractivity contribution is 0.0905. The summed E-state index contributed by atoms with van der Waals surface area (Å²) < 4.78 is 1.74. The van der Waals surface area contributed by atoms with E-state index >= 15 is 0 Å². The van der Waals surface area contributed by atoms with E-state index in [1.165, 1.54) is 64.3 Å². The minimum absolute atomic E-state index is 0.0706. The van der Waals surface area contributed by atoms with Crippen molar-refractivity contribution in [2.24, 2.45) is 13.0 Å². The molecule has 0 aromatic carbocycles. The molecule has 174 valence electrons. The van der Waals surface area contributed by atoms with Gasteiger partial charge in [-0.15, -0.1) is 0 Å². The Hall–Kier alpha value is -2.15. The van der Waals surface area contributed by atoms with Crippen molar-refractivity contribution in [1.82, 2.24) is 25.0 Å². The summed E-state index contributed by atoms with van der Waals surface area (Å²) in [6, 6.07) is 4.74. The first kappa shape index (κ1) is 21.7. The first-order valence-electron chi connectivity index (χ1n) is 12.8. The van der Waals surface area contributed by atoms with E-state index in [2.05, 4.69) is 20.6 Å². The van der Waals surface area contributed by atoms with Crippen LogP contribution in [0.15, 0.2) is 12.1 Å². The van der Waals surface area contributed by atoms with Crippen molar-refractivity contribution in [3.05, 3.63) is 17.8 Å². The molecule has 2 aromatic rings. The molecule has 1 aliphatic heterocycles. The van der Waals surface area contributed by atoms with Gasteiger partial charge in [0.25, 0.3) is 5.91 Å². The second-order valence-corrected chi connectivity index (χ2v) is 10.2. The zero-order valence-corrected chi connectivity index (χ0v) is 19.5. The summed E-state index contributed by atoms with van der Waals surface area (Å²) in [5, 5.41) is 12.2. The topological polar surface area (TPSA) is 75.1 Å². The van der Waals surface area contributed by atoms with Gasteiger partial charge in [-0.05, 0) is 56.6 Å². The van der Waals surface area contributed by atoms with Gasteiger partial charge in [0.15, 0.2) is 11.3 Å². The van der Waals surface area contributed by atoms with Crippen molar-refractivity contribution < 1.29 is 4.79 Å². The van der Waals surface area contributed by atoms with Crippen LogP contribution in [0.25, 0.3) is 11.0 Å². The standard InChI is InChI=1S/C25H38N6O/c1-30-24-21(11-12-22(28-24)26-19-7-5-3-2-4-6-8-19)23(29-30)25(32)27-20-13-15-31(16-14-20)17-18-9-10-18/h11-12,18-20H,2-10,13-17H2,1H3,(H,26,28)(H,27,32). The van der Waals surface area contributed by atoms with E-state index in [-0.39, 0.29) is 11.9 Å². The highest BCUT2D eigenvalue weighted by Crippen LogP contribution is 2.30. The molecule has 2 saturated carbocycles. The van der Waals surface area contributed by atoms with Gasteiger partial charge >= 0.3 is 0 Å². The monoisotopic (exact) mass is 438 g/mol. The van der Waals surface area contributed by atoms with Crippen LogP contribution in [0.4, 0.5) is 5.82 Å². The normalized spacial score (nSPS) is 21.9. The number of hydrogen-bond acceptors (Lipinski definition) is 5. The summed E-state index contributed by atoms with van der Waals surface area (Å²) in [5.41, 5.74) is 1.26. The lowest BCUT2D eigenvalue weighted by Crippen LogP contribution is -2.45. The minimum Gasteiger partial charge on any atom is -0.367 e. The quantitative estimate of drug-likeness (QED) is 0.710. The molecule has 32 heavy (non-hydrogen) atoms. The molecule has 5 rings (SSSR count). The van der Waals surface area contributed by atoms with Gasteiger partial charge in [-0.3, -0.25) is 4.79 Å². The van der Waals surface area contributed by atoms with Gasteiger partial charge in [-0.2, -0.15) is 5.10 Å². The molecule has 7 nitrogen and oxygen atoms in total. The molecule has 3 heterocycles. The Bertz CT molecular complexity index is 920. The highest BCUT2D eigenvalue weighted by Gasteiger charge is 2.28. The molecule has 1 saturated heterocycles. The molecule has 0 bridgehead atoms. The first-order chi connectivity index (χ1) is 15.7. The molecule has 0 unspecified atom stereocenters. The van der Waals surface area contributed by atoms with Crippen molar-refractivity contribution in [1.29, 1.82) is 0 Å². The SMILES string of the molecule is Cn1nc(C(=O)NC2CCN(CC3CC3)CC2)c2ccc(NC3CCCCCCC3)nc21. The number of aryl methyl sites for hydroxylation is 1. The van der Waals surface area contributed by atoms with Crippen LogP contribution in [0.3, 0.4) is 0 Å². The predicted molar refractivity (Wildman–Crippen MR) is 128 cm³/mol. The maximum Gasteiger partial charge on any atom is 0.272 e. The summed E-state index contributed by atoms with van der Waals surface area (Å²) in [6.45, 7) is 3.42. The molecular formula is C25H38N6O. The maximum absolute atomic E-state index is 13.0. The molecule has 0 atom stereocenters. The molecular weight excluding hydrogens is 400 g/mol. The van der Waals surface area contributed by atoms with Crippen LogP contribution in [0.1, 0.15) is 81.1 Å². The molecule has 3 aliphatic rings. The Balaban J connectivity index is 1.22. The number of carbonyl (C=O) groups excluding carboxylic acids is 1. The number of aromatic nitrogens is 3. The van der Waals surface area contributed by atoms with Crippen LogP contribution in [0.5, 0.6) is 0 Å². The van der Waals surface area contributed by atoms with Crippen LogP contribution >= 0.6 is 0 Å². The minimum atomic E-state index is -0.0706. The van der Waals surface area contributed by atoms with Crippen molar-refractivity contribution in [3.8, 4) is 0 Å². The van der Waals surface area contributed by atoms with Gasteiger partial charge < -0.3 is 15.5 Å². The van der Waals surface area contributed by atoms with Gasteiger partial charge in [0.05, 0.1) is 5.39 Å². The summed E-state index contributed by atoms with van der Waals surface area (Å²) in [4.78, 5) is 20.4. The van der Waals surface area contributed by atoms with Gasteiger partial charge in [0.1, 0.15) is 5.82 Å². The molecule has 2 aromatic heterocycles. The Morgan fingerprint density at radius 3 is 2.41 bits per heavy atom. The van der Waals surface area contributed by atoms with Crippen LogP contribution in [0.2, 0.25) is 0 Å². The van der Waals surface area contributed by atoms with E-state index in [4.69, 9.17) is 4.98 Å². The molecule has 0 spiro atoms. The number of nitrogens with zero attached hydrogens (tertiary/aromatic N) is 4. The number of hydrogen-bond donors (Lipinski definition) is 2. The molecule has 0 radical (unpaired) electrons. The Labute approximate surface area is 191 Å². The van der Waals surface area contributed by atoms with Gasteiger partial charge in [0, 0.05) is 38.8 Å². The van der Waals surface area contributed by atoms with E-state index in [1.807, 2.05) is 19.2 Å². The van der Waals surface area contributed by atoms with Crippen LogP contribution in [0, 0.1) is 5.92 Å². The largest absolute Gasteiger partial charge is 0.367 e. The average molecular weight is 439 g/mol.